The molecule has 0 saturated carbocycles. The van der Waals surface area contributed by atoms with Crippen LogP contribution in [0.4, 0.5) is 10.1 Å². The van der Waals surface area contributed by atoms with E-state index in [0.29, 0.717) is 37.4 Å². The zero-order chi connectivity index (χ0) is 22.8. The summed E-state index contributed by atoms with van der Waals surface area (Å²) in [5.74, 6) is 0.464. The molecule has 1 amide bonds. The molecule has 4 aromatic rings. The van der Waals surface area contributed by atoms with Crippen LogP contribution in [0.2, 0.25) is 0 Å². The molecule has 166 valence electrons. The second kappa shape index (κ2) is 8.90. The van der Waals surface area contributed by atoms with Crippen molar-refractivity contribution in [2.45, 2.75) is 0 Å². The molecule has 5 rings (SSSR count). The van der Waals surface area contributed by atoms with Crippen LogP contribution >= 0.6 is 0 Å². The minimum Gasteiger partial charge on any atom is -0.497 e. The zero-order valence-electron chi connectivity index (χ0n) is 18.4. The second-order valence-electron chi connectivity index (χ2n) is 8.03. The van der Waals surface area contributed by atoms with Crippen LogP contribution in [0, 0.1) is 5.82 Å². The highest BCUT2D eigenvalue weighted by Gasteiger charge is 2.25. The van der Waals surface area contributed by atoms with Gasteiger partial charge in [-0.2, -0.15) is 0 Å². The molecule has 0 N–H and O–H groups in total. The van der Waals surface area contributed by atoms with E-state index in [9.17, 15) is 9.18 Å². The highest BCUT2D eigenvalue weighted by Crippen LogP contribution is 2.28. The van der Waals surface area contributed by atoms with Crippen LogP contribution in [0.25, 0.3) is 22.2 Å². The number of carbonyl (C=O) groups is 1. The van der Waals surface area contributed by atoms with Crippen LogP contribution in [-0.2, 0) is 0 Å². The molecule has 1 aromatic heterocycles. The minimum atomic E-state index is -0.236. The van der Waals surface area contributed by atoms with Gasteiger partial charge in [-0.05, 0) is 36.4 Å². The average Bonchev–Trinajstić information content (AvgIpc) is 2.88. The van der Waals surface area contributed by atoms with E-state index in [-0.39, 0.29) is 11.7 Å². The Morgan fingerprint density at radius 3 is 2.45 bits per heavy atom. The molecule has 0 radical (unpaired) electrons. The smallest absolute Gasteiger partial charge is 0.254 e. The topological polar surface area (TPSA) is 45.7 Å². The molecule has 0 atom stereocenters. The summed E-state index contributed by atoms with van der Waals surface area (Å²) >= 11 is 0. The average molecular weight is 442 g/mol. The molecule has 0 aliphatic carbocycles. The molecule has 33 heavy (non-hydrogen) atoms. The number of pyridine rings is 1. The largest absolute Gasteiger partial charge is 0.497 e. The fourth-order valence-electron chi connectivity index (χ4n) is 4.31. The number of nitrogens with zero attached hydrogens (tertiary/aromatic N) is 3. The van der Waals surface area contributed by atoms with Crippen molar-refractivity contribution in [1.82, 2.24) is 9.88 Å². The summed E-state index contributed by atoms with van der Waals surface area (Å²) in [5.41, 5.74) is 3.59. The van der Waals surface area contributed by atoms with Crippen LogP contribution in [0.15, 0.2) is 78.9 Å². The SMILES string of the molecule is COc1cccc(-c2cc(C(=O)N3CCN(c4ccccc4F)CC3)c3ccccc3n2)c1. The number of rotatable bonds is 4. The molecule has 3 aromatic carbocycles. The highest BCUT2D eigenvalue weighted by atomic mass is 19.1. The molecule has 1 aliphatic heterocycles. The summed E-state index contributed by atoms with van der Waals surface area (Å²) < 4.78 is 19.5. The van der Waals surface area contributed by atoms with Crippen molar-refractivity contribution in [2.24, 2.45) is 0 Å². The van der Waals surface area contributed by atoms with E-state index in [1.54, 1.807) is 19.2 Å². The standard InChI is InChI=1S/C27H24FN3O2/c1-33-20-8-6-7-19(17-20)25-18-22(21-9-2-4-11-24(21)29-25)27(32)31-15-13-30(14-16-31)26-12-5-3-10-23(26)28/h2-12,17-18H,13-16H2,1H3. The van der Waals surface area contributed by atoms with E-state index in [0.717, 1.165) is 27.9 Å². The van der Waals surface area contributed by atoms with Gasteiger partial charge in [0, 0.05) is 37.1 Å². The third-order valence-electron chi connectivity index (χ3n) is 6.07. The lowest BCUT2D eigenvalue weighted by atomic mass is 10.0. The number of hydrogen-bond donors (Lipinski definition) is 0. The molecule has 5 nitrogen and oxygen atoms in total. The van der Waals surface area contributed by atoms with Crippen LogP contribution in [0.1, 0.15) is 10.4 Å². The number of fused-ring (bicyclic) bond motifs is 1. The Hall–Kier alpha value is -3.93. The molecule has 2 heterocycles. The van der Waals surface area contributed by atoms with Gasteiger partial charge in [-0.3, -0.25) is 4.79 Å². The number of halogens is 1. The molecular formula is C27H24FN3O2. The van der Waals surface area contributed by atoms with E-state index in [1.807, 2.05) is 70.5 Å². The molecule has 0 spiro atoms. The Bertz CT molecular complexity index is 1320. The number of hydrogen-bond acceptors (Lipinski definition) is 4. The first-order chi connectivity index (χ1) is 16.1. The van der Waals surface area contributed by atoms with E-state index >= 15 is 0 Å². The first-order valence-corrected chi connectivity index (χ1v) is 11.0. The predicted octanol–water partition coefficient (Wildman–Crippen LogP) is 5.01. The molecule has 0 unspecified atom stereocenters. The predicted molar refractivity (Wildman–Crippen MR) is 128 cm³/mol. The van der Waals surface area contributed by atoms with E-state index in [4.69, 9.17) is 9.72 Å². The summed E-state index contributed by atoms with van der Waals surface area (Å²) in [5, 5.41) is 0.825. The Morgan fingerprint density at radius 1 is 0.909 bits per heavy atom. The molecule has 1 fully saturated rings. The number of carbonyl (C=O) groups excluding carboxylic acids is 1. The van der Waals surface area contributed by atoms with Gasteiger partial charge in [0.1, 0.15) is 11.6 Å². The lowest BCUT2D eigenvalue weighted by Crippen LogP contribution is -2.49. The summed E-state index contributed by atoms with van der Waals surface area (Å²) in [6.07, 6.45) is 0. The van der Waals surface area contributed by atoms with Crippen molar-refractivity contribution in [3.63, 3.8) is 0 Å². The molecule has 6 heteroatoms. The summed E-state index contributed by atoms with van der Waals surface area (Å²) in [6, 6.07) is 24.0. The maximum atomic E-state index is 14.2. The Labute approximate surface area is 192 Å². The van der Waals surface area contributed by atoms with Crippen LogP contribution < -0.4 is 9.64 Å². The lowest BCUT2D eigenvalue weighted by Gasteiger charge is -2.36. The highest BCUT2D eigenvalue weighted by molar-refractivity contribution is 6.07. The van der Waals surface area contributed by atoms with Gasteiger partial charge >= 0.3 is 0 Å². The van der Waals surface area contributed by atoms with Crippen LogP contribution in [0.5, 0.6) is 5.75 Å². The maximum absolute atomic E-state index is 14.2. The van der Waals surface area contributed by atoms with Gasteiger partial charge < -0.3 is 14.5 Å². The van der Waals surface area contributed by atoms with Gasteiger partial charge in [0.05, 0.1) is 29.6 Å². The number of para-hydroxylation sites is 2. The zero-order valence-corrected chi connectivity index (χ0v) is 18.4. The first kappa shape index (κ1) is 20.9. The van der Waals surface area contributed by atoms with Crippen molar-refractivity contribution >= 4 is 22.5 Å². The summed E-state index contributed by atoms with van der Waals surface area (Å²) in [6.45, 7) is 2.22. The Morgan fingerprint density at radius 2 is 1.67 bits per heavy atom. The summed E-state index contributed by atoms with van der Waals surface area (Å²) in [7, 11) is 1.63. The van der Waals surface area contributed by atoms with Gasteiger partial charge in [-0.1, -0.05) is 42.5 Å². The van der Waals surface area contributed by atoms with Crippen molar-refractivity contribution < 1.29 is 13.9 Å². The van der Waals surface area contributed by atoms with Crippen molar-refractivity contribution in [3.8, 4) is 17.0 Å². The lowest BCUT2D eigenvalue weighted by molar-refractivity contribution is 0.0748. The second-order valence-corrected chi connectivity index (χ2v) is 8.03. The number of amides is 1. The third kappa shape index (κ3) is 4.12. The number of ether oxygens (including phenoxy) is 1. The van der Waals surface area contributed by atoms with Gasteiger partial charge in [0.2, 0.25) is 0 Å². The molecule has 0 bridgehead atoms. The van der Waals surface area contributed by atoms with Gasteiger partial charge in [-0.25, -0.2) is 9.37 Å². The quantitative estimate of drug-likeness (QED) is 0.447. The minimum absolute atomic E-state index is 0.0362. The summed E-state index contributed by atoms with van der Waals surface area (Å²) in [4.78, 5) is 22.2. The van der Waals surface area contributed by atoms with Crippen molar-refractivity contribution in [1.29, 1.82) is 0 Å². The van der Waals surface area contributed by atoms with Crippen molar-refractivity contribution in [3.05, 3.63) is 90.2 Å². The van der Waals surface area contributed by atoms with E-state index in [2.05, 4.69) is 0 Å². The van der Waals surface area contributed by atoms with Crippen molar-refractivity contribution in [2.75, 3.05) is 38.2 Å². The normalized spacial score (nSPS) is 13.9. The first-order valence-electron chi connectivity index (χ1n) is 11.0. The van der Waals surface area contributed by atoms with Crippen LogP contribution in [0.3, 0.4) is 0 Å². The number of piperazine rings is 1. The fourth-order valence-corrected chi connectivity index (χ4v) is 4.31. The number of methoxy groups -OCH3 is 1. The Balaban J connectivity index is 1.45. The molecule has 1 saturated heterocycles. The van der Waals surface area contributed by atoms with Crippen LogP contribution in [-0.4, -0.2) is 49.1 Å². The molecule has 1 aliphatic rings. The number of anilines is 1. The van der Waals surface area contributed by atoms with E-state index in [1.165, 1.54) is 6.07 Å². The van der Waals surface area contributed by atoms with Gasteiger partial charge in [-0.15, -0.1) is 0 Å². The number of benzene rings is 3. The monoisotopic (exact) mass is 441 g/mol. The Kier molecular flexibility index (Phi) is 5.65. The third-order valence-corrected chi connectivity index (χ3v) is 6.07. The van der Waals surface area contributed by atoms with Gasteiger partial charge in [0.25, 0.3) is 5.91 Å². The van der Waals surface area contributed by atoms with E-state index < -0.39 is 0 Å². The fraction of sp³-hybridized carbons (Fsp3) is 0.185. The van der Waals surface area contributed by atoms with Gasteiger partial charge in [0.15, 0.2) is 0 Å². The molecular weight excluding hydrogens is 417 g/mol. The number of aromatic nitrogens is 1. The maximum Gasteiger partial charge on any atom is 0.254 e.